The largest absolute Gasteiger partial charge is 0.496 e. The number of halogens is 1. The van der Waals surface area contributed by atoms with Crippen LogP contribution in [0.4, 0.5) is 0 Å². The Morgan fingerprint density at radius 3 is 2.95 bits per heavy atom. The van der Waals surface area contributed by atoms with Crippen LogP contribution < -0.4 is 4.74 Å². The van der Waals surface area contributed by atoms with Gasteiger partial charge in [-0.15, -0.1) is 0 Å². The van der Waals surface area contributed by atoms with Crippen molar-refractivity contribution in [2.75, 3.05) is 7.11 Å². The predicted octanol–water partition coefficient (Wildman–Crippen LogP) is 2.82. The molecule has 0 amide bonds. The van der Waals surface area contributed by atoms with Crippen molar-refractivity contribution in [1.82, 2.24) is 10.1 Å². The molecule has 1 aliphatic carbocycles. The molecule has 3 rings (SSSR count). The van der Waals surface area contributed by atoms with Gasteiger partial charge in [-0.2, -0.15) is 4.98 Å². The van der Waals surface area contributed by atoms with Crippen molar-refractivity contribution in [2.45, 2.75) is 25.4 Å². The number of aliphatic hydroxyl groups excluding tert-OH is 1. The molecular formula is C14H15BrN2O3. The highest BCUT2D eigenvalue weighted by Crippen LogP contribution is 2.34. The number of aromatic nitrogens is 2. The van der Waals surface area contributed by atoms with E-state index in [4.69, 9.17) is 9.26 Å². The Hall–Kier alpha value is -1.40. The van der Waals surface area contributed by atoms with Crippen LogP contribution in [-0.2, 0) is 6.42 Å². The van der Waals surface area contributed by atoms with Crippen molar-refractivity contribution in [1.29, 1.82) is 0 Å². The van der Waals surface area contributed by atoms with E-state index in [9.17, 15) is 5.11 Å². The van der Waals surface area contributed by atoms with Crippen LogP contribution in [0.15, 0.2) is 27.2 Å². The summed E-state index contributed by atoms with van der Waals surface area (Å²) in [7, 11) is 1.62. The van der Waals surface area contributed by atoms with Gasteiger partial charge in [-0.25, -0.2) is 0 Å². The summed E-state index contributed by atoms with van der Waals surface area (Å²) in [5.41, 5.74) is 0.841. The van der Waals surface area contributed by atoms with Gasteiger partial charge >= 0.3 is 0 Å². The Morgan fingerprint density at radius 1 is 1.50 bits per heavy atom. The Labute approximate surface area is 125 Å². The molecule has 1 aromatic heterocycles. The molecular weight excluding hydrogens is 324 g/mol. The lowest BCUT2D eigenvalue weighted by Gasteiger charge is -2.04. The summed E-state index contributed by atoms with van der Waals surface area (Å²) in [5.74, 6) is 2.15. The number of benzene rings is 1. The molecule has 1 fully saturated rings. The molecule has 0 bridgehead atoms. The maximum Gasteiger partial charge on any atom is 0.229 e. The van der Waals surface area contributed by atoms with Crippen molar-refractivity contribution in [3.8, 4) is 17.1 Å². The molecule has 0 aliphatic heterocycles. The standard InChI is InChI=1S/C14H15BrN2O3/c1-19-12-5-4-9(6-10(12)15)14-16-13(20-17-14)7-11(18)8-2-3-8/h4-6,8,11,18H,2-3,7H2,1H3. The molecule has 2 aromatic rings. The van der Waals surface area contributed by atoms with E-state index >= 15 is 0 Å². The first-order chi connectivity index (χ1) is 9.67. The lowest BCUT2D eigenvalue weighted by atomic mass is 10.1. The molecule has 6 heteroatoms. The third-order valence-electron chi connectivity index (χ3n) is 3.43. The fraction of sp³-hybridized carbons (Fsp3) is 0.429. The number of hydrogen-bond donors (Lipinski definition) is 1. The van der Waals surface area contributed by atoms with E-state index in [-0.39, 0.29) is 6.10 Å². The van der Waals surface area contributed by atoms with Crippen LogP contribution in [0, 0.1) is 5.92 Å². The van der Waals surface area contributed by atoms with Crippen molar-refractivity contribution in [3.05, 3.63) is 28.6 Å². The van der Waals surface area contributed by atoms with Crippen molar-refractivity contribution >= 4 is 15.9 Å². The maximum absolute atomic E-state index is 9.88. The number of methoxy groups -OCH3 is 1. The van der Waals surface area contributed by atoms with E-state index < -0.39 is 0 Å². The van der Waals surface area contributed by atoms with Gasteiger partial charge in [0.2, 0.25) is 11.7 Å². The second-order valence-corrected chi connectivity index (χ2v) is 5.82. The third-order valence-corrected chi connectivity index (χ3v) is 4.05. The zero-order chi connectivity index (χ0) is 14.1. The smallest absolute Gasteiger partial charge is 0.229 e. The minimum absolute atomic E-state index is 0.370. The summed E-state index contributed by atoms with van der Waals surface area (Å²) < 4.78 is 11.2. The highest BCUT2D eigenvalue weighted by Gasteiger charge is 2.31. The lowest BCUT2D eigenvalue weighted by Crippen LogP contribution is -2.12. The number of nitrogens with zero attached hydrogens (tertiary/aromatic N) is 2. The van der Waals surface area contributed by atoms with Gasteiger partial charge in [-0.1, -0.05) is 5.16 Å². The summed E-state index contributed by atoms with van der Waals surface area (Å²) in [6.45, 7) is 0. The van der Waals surface area contributed by atoms with E-state index in [0.29, 0.717) is 24.1 Å². The van der Waals surface area contributed by atoms with Crippen molar-refractivity contribution in [2.24, 2.45) is 5.92 Å². The average molecular weight is 339 g/mol. The Balaban J connectivity index is 1.77. The quantitative estimate of drug-likeness (QED) is 0.907. The van der Waals surface area contributed by atoms with E-state index in [0.717, 1.165) is 28.6 Å². The fourth-order valence-corrected chi connectivity index (χ4v) is 2.63. The number of ether oxygens (including phenoxy) is 1. The molecule has 106 valence electrons. The van der Waals surface area contributed by atoms with E-state index in [1.807, 2.05) is 18.2 Å². The van der Waals surface area contributed by atoms with E-state index in [1.54, 1.807) is 7.11 Å². The number of rotatable bonds is 5. The summed E-state index contributed by atoms with van der Waals surface area (Å²) >= 11 is 3.43. The number of hydrogen-bond acceptors (Lipinski definition) is 5. The van der Waals surface area contributed by atoms with Gasteiger partial charge in [0.05, 0.1) is 24.1 Å². The Kier molecular flexibility index (Phi) is 3.76. The maximum atomic E-state index is 9.88. The Bertz CT molecular complexity index is 610. The van der Waals surface area contributed by atoms with E-state index in [2.05, 4.69) is 26.1 Å². The van der Waals surface area contributed by atoms with Gasteiger partial charge in [0, 0.05) is 5.56 Å². The number of aliphatic hydroxyl groups is 1. The first-order valence-electron chi connectivity index (χ1n) is 6.52. The van der Waals surface area contributed by atoms with Gasteiger partial charge in [-0.05, 0) is 52.9 Å². The minimum atomic E-state index is -0.370. The van der Waals surface area contributed by atoms with Crippen LogP contribution in [-0.4, -0.2) is 28.5 Å². The molecule has 1 saturated carbocycles. The third kappa shape index (κ3) is 2.86. The van der Waals surface area contributed by atoms with Gasteiger partial charge in [-0.3, -0.25) is 0 Å². The van der Waals surface area contributed by atoms with Crippen LogP contribution in [0.25, 0.3) is 11.4 Å². The van der Waals surface area contributed by atoms with Gasteiger partial charge in [0.25, 0.3) is 0 Å². The Morgan fingerprint density at radius 2 is 2.30 bits per heavy atom. The minimum Gasteiger partial charge on any atom is -0.496 e. The first kappa shape index (κ1) is 13.6. The molecule has 1 aromatic carbocycles. The second kappa shape index (κ2) is 5.54. The molecule has 20 heavy (non-hydrogen) atoms. The van der Waals surface area contributed by atoms with Gasteiger partial charge in [0.1, 0.15) is 5.75 Å². The fourth-order valence-electron chi connectivity index (χ4n) is 2.09. The highest BCUT2D eigenvalue weighted by atomic mass is 79.9. The van der Waals surface area contributed by atoms with Crippen molar-refractivity contribution in [3.63, 3.8) is 0 Å². The molecule has 0 spiro atoms. The topological polar surface area (TPSA) is 68.4 Å². The lowest BCUT2D eigenvalue weighted by molar-refractivity contribution is 0.140. The van der Waals surface area contributed by atoms with Crippen LogP contribution in [0.5, 0.6) is 5.75 Å². The zero-order valence-electron chi connectivity index (χ0n) is 11.0. The second-order valence-electron chi connectivity index (χ2n) is 4.97. The van der Waals surface area contributed by atoms with Gasteiger partial charge in [0.15, 0.2) is 0 Å². The van der Waals surface area contributed by atoms with E-state index in [1.165, 1.54) is 0 Å². The van der Waals surface area contributed by atoms with Crippen LogP contribution in [0.1, 0.15) is 18.7 Å². The van der Waals surface area contributed by atoms with Crippen LogP contribution in [0.3, 0.4) is 0 Å². The molecule has 0 saturated heterocycles. The summed E-state index contributed by atoms with van der Waals surface area (Å²) in [6.07, 6.45) is 2.24. The molecule has 1 unspecified atom stereocenters. The zero-order valence-corrected chi connectivity index (χ0v) is 12.6. The van der Waals surface area contributed by atoms with Crippen LogP contribution in [0.2, 0.25) is 0 Å². The molecule has 1 N–H and O–H groups in total. The summed E-state index contributed by atoms with van der Waals surface area (Å²) in [5, 5.41) is 13.8. The predicted molar refractivity (Wildman–Crippen MR) is 76.4 cm³/mol. The molecule has 0 radical (unpaired) electrons. The molecule has 1 aliphatic rings. The normalized spacial score (nSPS) is 16.1. The SMILES string of the molecule is COc1ccc(-c2noc(CC(O)C3CC3)n2)cc1Br. The molecule has 5 nitrogen and oxygen atoms in total. The monoisotopic (exact) mass is 338 g/mol. The van der Waals surface area contributed by atoms with Crippen molar-refractivity contribution < 1.29 is 14.4 Å². The summed E-state index contributed by atoms with van der Waals surface area (Å²) in [4.78, 5) is 4.33. The highest BCUT2D eigenvalue weighted by molar-refractivity contribution is 9.10. The van der Waals surface area contributed by atoms with Gasteiger partial charge < -0.3 is 14.4 Å². The van der Waals surface area contributed by atoms with Crippen LogP contribution >= 0.6 is 15.9 Å². The molecule has 1 heterocycles. The molecule has 1 atom stereocenters. The summed E-state index contributed by atoms with van der Waals surface area (Å²) in [6, 6.07) is 5.59. The first-order valence-corrected chi connectivity index (χ1v) is 7.31. The average Bonchev–Trinajstić information content (AvgIpc) is 3.19.